The molecule has 0 aromatic heterocycles. The van der Waals surface area contributed by atoms with Crippen molar-refractivity contribution in [2.24, 2.45) is 0 Å². The first-order valence-electron chi connectivity index (χ1n) is 4.20. The second-order valence-corrected chi connectivity index (χ2v) is 4.23. The fraction of sp³-hybridized carbons (Fsp3) is 0.625. The molecule has 0 fully saturated rings. The predicted octanol–water partition coefficient (Wildman–Crippen LogP) is 0.774. The molecule has 0 aliphatic carbocycles. The van der Waals surface area contributed by atoms with Crippen LogP contribution in [0.5, 0.6) is 0 Å². The zero-order valence-electron chi connectivity index (χ0n) is 7.97. The molecule has 0 saturated carbocycles. The van der Waals surface area contributed by atoms with E-state index < -0.39 is 16.1 Å². The first-order chi connectivity index (χ1) is 6.45. The van der Waals surface area contributed by atoms with Crippen molar-refractivity contribution >= 4 is 16.1 Å². The van der Waals surface area contributed by atoms with Gasteiger partial charge in [-0.15, -0.1) is 0 Å². The molecule has 82 valence electrons. The number of rotatable bonds is 6. The Bertz CT molecular complexity index is 291. The van der Waals surface area contributed by atoms with Gasteiger partial charge < -0.3 is 4.74 Å². The number of unbranched alkanes of at least 4 members (excludes halogenated alkanes) is 1. The van der Waals surface area contributed by atoms with Crippen molar-refractivity contribution in [3.8, 4) is 0 Å². The second-order valence-electron chi connectivity index (χ2n) is 2.66. The third kappa shape index (κ3) is 9.21. The number of ether oxygens (including phenoxy) is 1. The number of carbonyl (C=O) groups is 1. The van der Waals surface area contributed by atoms with Crippen LogP contribution in [0.4, 0.5) is 0 Å². The third-order valence-electron chi connectivity index (χ3n) is 1.34. The molecular weight excluding hydrogens is 208 g/mol. The van der Waals surface area contributed by atoms with E-state index in [1.54, 1.807) is 13.0 Å². The van der Waals surface area contributed by atoms with E-state index in [2.05, 4.69) is 0 Å². The Morgan fingerprint density at radius 2 is 2.07 bits per heavy atom. The van der Waals surface area contributed by atoms with Crippen LogP contribution in [0.25, 0.3) is 0 Å². The van der Waals surface area contributed by atoms with E-state index in [1.165, 1.54) is 6.08 Å². The van der Waals surface area contributed by atoms with Gasteiger partial charge in [0.05, 0.1) is 12.4 Å². The summed E-state index contributed by atoms with van der Waals surface area (Å²) in [4.78, 5) is 10.7. The number of hydrogen-bond acceptors (Lipinski definition) is 4. The van der Waals surface area contributed by atoms with Gasteiger partial charge in [0.1, 0.15) is 0 Å². The molecule has 0 radical (unpaired) electrons. The normalized spacial score (nSPS) is 11.9. The average molecular weight is 222 g/mol. The van der Waals surface area contributed by atoms with Crippen molar-refractivity contribution in [2.45, 2.75) is 19.8 Å². The molecule has 0 amide bonds. The summed E-state index contributed by atoms with van der Waals surface area (Å²) in [6.07, 6.45) is 3.54. The van der Waals surface area contributed by atoms with Crippen LogP contribution in [-0.4, -0.2) is 31.3 Å². The monoisotopic (exact) mass is 222 g/mol. The van der Waals surface area contributed by atoms with Gasteiger partial charge in [-0.05, 0) is 19.8 Å². The van der Waals surface area contributed by atoms with E-state index in [-0.39, 0.29) is 18.8 Å². The maximum Gasteiger partial charge on any atom is 0.330 e. The summed E-state index contributed by atoms with van der Waals surface area (Å²) in [6, 6.07) is 0. The Hall–Kier alpha value is -0.880. The molecule has 0 rings (SSSR count). The van der Waals surface area contributed by atoms with E-state index in [9.17, 15) is 13.2 Å². The van der Waals surface area contributed by atoms with Crippen molar-refractivity contribution < 1.29 is 22.5 Å². The van der Waals surface area contributed by atoms with E-state index in [4.69, 9.17) is 9.29 Å². The van der Waals surface area contributed by atoms with Gasteiger partial charge in [0.15, 0.2) is 0 Å². The molecule has 0 atom stereocenters. The van der Waals surface area contributed by atoms with Gasteiger partial charge in [-0.3, -0.25) is 4.55 Å². The fourth-order valence-corrected chi connectivity index (χ4v) is 1.31. The molecule has 0 heterocycles. The smallest absolute Gasteiger partial charge is 0.330 e. The zero-order chi connectivity index (χ0) is 11.0. The Balaban J connectivity index is 3.44. The highest BCUT2D eigenvalue weighted by Gasteiger charge is 2.03. The largest absolute Gasteiger partial charge is 0.463 e. The van der Waals surface area contributed by atoms with Crippen LogP contribution in [0.3, 0.4) is 0 Å². The molecule has 0 aromatic rings. The molecule has 0 spiro atoms. The molecule has 5 nitrogen and oxygen atoms in total. The van der Waals surface area contributed by atoms with Crippen LogP contribution in [0.15, 0.2) is 12.2 Å². The Morgan fingerprint density at radius 1 is 1.43 bits per heavy atom. The van der Waals surface area contributed by atoms with E-state index in [1.807, 2.05) is 0 Å². The van der Waals surface area contributed by atoms with Crippen molar-refractivity contribution in [3.63, 3.8) is 0 Å². The standard InChI is InChI=1S/C8H14O5S/c1-2-5-8(9)13-6-3-4-7-14(10,11)12/h2,5H,3-4,6-7H2,1H3,(H,10,11,12)/b5-2+. The molecule has 0 unspecified atom stereocenters. The van der Waals surface area contributed by atoms with Gasteiger partial charge in [0.25, 0.3) is 10.1 Å². The number of hydrogen-bond donors (Lipinski definition) is 1. The highest BCUT2D eigenvalue weighted by molar-refractivity contribution is 7.85. The molecule has 14 heavy (non-hydrogen) atoms. The summed E-state index contributed by atoms with van der Waals surface area (Å²) >= 11 is 0. The maximum atomic E-state index is 10.7. The number of allylic oxidation sites excluding steroid dienone is 1. The van der Waals surface area contributed by atoms with E-state index >= 15 is 0 Å². The third-order valence-corrected chi connectivity index (χ3v) is 2.15. The van der Waals surface area contributed by atoms with Gasteiger partial charge in [-0.1, -0.05) is 6.08 Å². The number of carbonyl (C=O) groups excluding carboxylic acids is 1. The lowest BCUT2D eigenvalue weighted by Crippen LogP contribution is -2.07. The second kappa shape index (κ2) is 6.56. The minimum atomic E-state index is -3.89. The van der Waals surface area contributed by atoms with Crippen molar-refractivity contribution in [1.29, 1.82) is 0 Å². The highest BCUT2D eigenvalue weighted by atomic mass is 32.2. The molecule has 6 heteroatoms. The minimum Gasteiger partial charge on any atom is -0.463 e. The van der Waals surface area contributed by atoms with Gasteiger partial charge in [0.2, 0.25) is 0 Å². The first-order valence-corrected chi connectivity index (χ1v) is 5.81. The molecule has 0 aliphatic heterocycles. The van der Waals surface area contributed by atoms with Crippen LogP contribution in [0, 0.1) is 0 Å². The molecule has 0 bridgehead atoms. The first kappa shape index (κ1) is 13.1. The van der Waals surface area contributed by atoms with Crippen LogP contribution < -0.4 is 0 Å². The maximum absolute atomic E-state index is 10.7. The lowest BCUT2D eigenvalue weighted by atomic mass is 10.4. The molecule has 1 N–H and O–H groups in total. The fourth-order valence-electron chi connectivity index (χ4n) is 0.743. The number of esters is 1. The van der Waals surface area contributed by atoms with Gasteiger partial charge in [0, 0.05) is 6.08 Å². The summed E-state index contributed by atoms with van der Waals surface area (Å²) in [6.45, 7) is 1.86. The predicted molar refractivity (Wildman–Crippen MR) is 51.4 cm³/mol. The molecular formula is C8H14O5S. The van der Waals surface area contributed by atoms with Crippen molar-refractivity contribution in [2.75, 3.05) is 12.4 Å². The molecule has 0 saturated heterocycles. The Morgan fingerprint density at radius 3 is 2.57 bits per heavy atom. The quantitative estimate of drug-likeness (QED) is 0.311. The summed E-state index contributed by atoms with van der Waals surface area (Å²) in [5.74, 6) is -0.742. The van der Waals surface area contributed by atoms with Crippen LogP contribution in [0.1, 0.15) is 19.8 Å². The SMILES string of the molecule is C/C=C/C(=O)OCCCCS(=O)(=O)O. The van der Waals surface area contributed by atoms with Gasteiger partial charge >= 0.3 is 5.97 Å². The van der Waals surface area contributed by atoms with E-state index in [0.29, 0.717) is 6.42 Å². The molecule has 0 aromatic carbocycles. The minimum absolute atomic E-state index is 0.165. The summed E-state index contributed by atoms with van der Waals surface area (Å²) in [5.41, 5.74) is 0. The van der Waals surface area contributed by atoms with Gasteiger partial charge in [-0.2, -0.15) is 8.42 Å². The highest BCUT2D eigenvalue weighted by Crippen LogP contribution is 1.95. The lowest BCUT2D eigenvalue weighted by Gasteiger charge is -2.00. The summed E-state index contributed by atoms with van der Waals surface area (Å²) < 4.78 is 33.6. The van der Waals surface area contributed by atoms with Crippen molar-refractivity contribution in [1.82, 2.24) is 0 Å². The van der Waals surface area contributed by atoms with Crippen LogP contribution in [0.2, 0.25) is 0 Å². The molecule has 0 aliphatic rings. The van der Waals surface area contributed by atoms with Crippen LogP contribution in [-0.2, 0) is 19.6 Å². The topological polar surface area (TPSA) is 80.7 Å². The van der Waals surface area contributed by atoms with E-state index in [0.717, 1.165) is 0 Å². The average Bonchev–Trinajstić information content (AvgIpc) is 2.02. The zero-order valence-corrected chi connectivity index (χ0v) is 8.79. The summed E-state index contributed by atoms with van der Waals surface area (Å²) in [5, 5.41) is 0. The Labute approximate surface area is 83.5 Å². The Kier molecular flexibility index (Phi) is 6.14. The summed E-state index contributed by atoms with van der Waals surface area (Å²) in [7, 11) is -3.89. The van der Waals surface area contributed by atoms with Crippen LogP contribution >= 0.6 is 0 Å². The lowest BCUT2D eigenvalue weighted by molar-refractivity contribution is -0.137. The van der Waals surface area contributed by atoms with Gasteiger partial charge in [-0.25, -0.2) is 4.79 Å². The van der Waals surface area contributed by atoms with Crippen molar-refractivity contribution in [3.05, 3.63) is 12.2 Å².